The molecule has 3 heterocycles. The summed E-state index contributed by atoms with van der Waals surface area (Å²) in [7, 11) is 0. The molecular weight excluding hydrogens is 526 g/mol. The number of thiazole rings is 1. The summed E-state index contributed by atoms with van der Waals surface area (Å²) in [5.41, 5.74) is 6.18. The van der Waals surface area contributed by atoms with Crippen molar-refractivity contribution in [2.45, 2.75) is 22.6 Å². The van der Waals surface area contributed by atoms with Gasteiger partial charge in [-0.05, 0) is 56.3 Å². The summed E-state index contributed by atoms with van der Waals surface area (Å²) < 4.78 is 33.9. The van der Waals surface area contributed by atoms with Crippen LogP contribution in [0, 0.1) is 11.6 Å². The number of nitrogen functional groups attached to an aromatic ring is 1. The smallest absolute Gasteiger partial charge is 0.258 e. The van der Waals surface area contributed by atoms with E-state index >= 15 is 8.78 Å². The lowest BCUT2D eigenvalue weighted by atomic mass is 10.1. The fraction of sp³-hybridized carbons (Fsp3) is 0.214. The third-order valence-corrected chi connectivity index (χ3v) is 9.16. The molecule has 0 spiro atoms. The summed E-state index contributed by atoms with van der Waals surface area (Å²) in [6.45, 7) is 3.04. The Morgan fingerprint density at radius 3 is 2.61 bits per heavy atom. The van der Waals surface area contributed by atoms with Crippen LogP contribution in [0.25, 0.3) is 25.9 Å². The van der Waals surface area contributed by atoms with Crippen LogP contribution in [0.15, 0.2) is 69.2 Å². The molecule has 0 saturated carbocycles. The number of carbonyl (C=O) groups is 1. The zero-order valence-corrected chi connectivity index (χ0v) is 21.9. The molecule has 194 valence electrons. The van der Waals surface area contributed by atoms with Gasteiger partial charge < -0.3 is 16.0 Å². The molecule has 0 aliphatic carbocycles. The number of carbonyl (C=O) groups excluding carboxylic acids is 1. The predicted molar refractivity (Wildman–Crippen MR) is 149 cm³/mol. The van der Waals surface area contributed by atoms with Gasteiger partial charge in [0.25, 0.3) is 5.91 Å². The van der Waals surface area contributed by atoms with Gasteiger partial charge in [0.2, 0.25) is 5.43 Å². The first kappa shape index (κ1) is 24.8. The van der Waals surface area contributed by atoms with Crippen LogP contribution in [0.2, 0.25) is 0 Å². The largest absolute Gasteiger partial charge is 0.398 e. The molecule has 1 aliphatic rings. The zero-order valence-electron chi connectivity index (χ0n) is 20.3. The summed E-state index contributed by atoms with van der Waals surface area (Å²) in [6.07, 6.45) is 2.27. The van der Waals surface area contributed by atoms with Gasteiger partial charge in [0.1, 0.15) is 16.2 Å². The van der Waals surface area contributed by atoms with Gasteiger partial charge in [-0.15, -0.1) is 11.3 Å². The molecule has 38 heavy (non-hydrogen) atoms. The molecule has 6 rings (SSSR count). The van der Waals surface area contributed by atoms with Crippen molar-refractivity contribution in [3.05, 3.63) is 82.0 Å². The highest BCUT2D eigenvalue weighted by Crippen LogP contribution is 2.39. The molecule has 1 amide bonds. The highest BCUT2D eigenvalue weighted by Gasteiger charge is 2.27. The fourth-order valence-corrected chi connectivity index (χ4v) is 7.07. The first-order valence-electron chi connectivity index (χ1n) is 12.3. The minimum Gasteiger partial charge on any atom is -0.398 e. The number of nitrogens with two attached hydrogens (primary N) is 1. The highest BCUT2D eigenvalue weighted by molar-refractivity contribution is 7.99. The number of nitrogens with zero attached hydrogens (tertiary/aromatic N) is 2. The van der Waals surface area contributed by atoms with Crippen LogP contribution in [0.4, 0.5) is 14.5 Å². The minimum atomic E-state index is -0.889. The quantitative estimate of drug-likeness (QED) is 0.273. The maximum atomic E-state index is 16.2. The number of hydrogen-bond donors (Lipinski definition) is 2. The monoisotopic (exact) mass is 550 g/mol. The second-order valence-corrected chi connectivity index (χ2v) is 11.3. The Morgan fingerprint density at radius 2 is 1.82 bits per heavy atom. The van der Waals surface area contributed by atoms with Crippen LogP contribution in [-0.2, 0) is 0 Å². The van der Waals surface area contributed by atoms with Crippen molar-refractivity contribution in [3.63, 3.8) is 0 Å². The number of pyridine rings is 1. The number of hydrogen-bond acceptors (Lipinski definition) is 6. The van der Waals surface area contributed by atoms with E-state index in [1.165, 1.54) is 11.3 Å². The van der Waals surface area contributed by atoms with Crippen LogP contribution < -0.4 is 16.5 Å². The van der Waals surface area contributed by atoms with E-state index in [-0.39, 0.29) is 21.4 Å². The lowest BCUT2D eigenvalue weighted by Crippen LogP contribution is -2.35. The van der Waals surface area contributed by atoms with Crippen molar-refractivity contribution in [1.29, 1.82) is 0 Å². The molecule has 2 aromatic heterocycles. The number of amides is 1. The third-order valence-electron chi connectivity index (χ3n) is 6.85. The highest BCUT2D eigenvalue weighted by atomic mass is 32.2. The van der Waals surface area contributed by atoms with Gasteiger partial charge in [-0.1, -0.05) is 36.0 Å². The van der Waals surface area contributed by atoms with Crippen LogP contribution in [0.5, 0.6) is 0 Å². The summed E-state index contributed by atoms with van der Waals surface area (Å²) in [6, 6.07) is 15.1. The molecule has 0 atom stereocenters. The number of para-hydroxylation sites is 2. The van der Waals surface area contributed by atoms with E-state index < -0.39 is 23.0 Å². The third kappa shape index (κ3) is 4.22. The van der Waals surface area contributed by atoms with Gasteiger partial charge >= 0.3 is 0 Å². The van der Waals surface area contributed by atoms with Crippen LogP contribution >= 0.6 is 23.1 Å². The van der Waals surface area contributed by atoms with Gasteiger partial charge in [-0.25, -0.2) is 8.78 Å². The summed E-state index contributed by atoms with van der Waals surface area (Å²) in [5, 5.41) is 2.67. The van der Waals surface area contributed by atoms with Crippen molar-refractivity contribution in [2.75, 3.05) is 31.9 Å². The summed E-state index contributed by atoms with van der Waals surface area (Å²) in [5.74, 6) is -2.30. The number of fused-ring (bicyclic) bond motifs is 5. The maximum Gasteiger partial charge on any atom is 0.258 e. The Hall–Kier alpha value is -3.47. The average molecular weight is 551 g/mol. The van der Waals surface area contributed by atoms with Gasteiger partial charge in [0.05, 0.1) is 26.0 Å². The lowest BCUT2D eigenvalue weighted by Gasteiger charge is -2.15. The van der Waals surface area contributed by atoms with E-state index in [0.29, 0.717) is 34.0 Å². The molecule has 0 unspecified atom stereocenters. The second-order valence-electron chi connectivity index (χ2n) is 9.26. The molecule has 5 aromatic rings. The average Bonchev–Trinajstić information content (AvgIpc) is 3.55. The van der Waals surface area contributed by atoms with E-state index in [9.17, 15) is 9.59 Å². The fourth-order valence-electron chi connectivity index (χ4n) is 4.99. The van der Waals surface area contributed by atoms with Gasteiger partial charge in [0, 0.05) is 23.7 Å². The zero-order chi connectivity index (χ0) is 26.4. The van der Waals surface area contributed by atoms with E-state index in [0.717, 1.165) is 48.5 Å². The number of halogens is 2. The first-order valence-corrected chi connectivity index (χ1v) is 14.0. The van der Waals surface area contributed by atoms with Crippen molar-refractivity contribution in [3.8, 4) is 0 Å². The molecule has 10 heteroatoms. The number of rotatable bonds is 6. The van der Waals surface area contributed by atoms with Gasteiger partial charge in [-0.2, -0.15) is 0 Å². The standard InChI is InChI=1S/C28H24F2N4O2S2/c29-17-15-16-24(23(30)26(17)37-20-9-3-1-7-18(20)31)34-19-8-2-4-10-21(19)38-28(34)22(25(16)35)27(36)32-11-14-33-12-5-6-13-33/h1-4,7-10,15H,5-6,11-14,31H2,(H,32,36). The van der Waals surface area contributed by atoms with Crippen LogP contribution in [0.1, 0.15) is 23.2 Å². The minimum absolute atomic E-state index is 0.0607. The maximum absolute atomic E-state index is 16.2. The molecule has 3 N–H and O–H groups in total. The number of benzene rings is 3. The molecule has 1 aliphatic heterocycles. The van der Waals surface area contributed by atoms with E-state index in [1.54, 1.807) is 40.8 Å². The summed E-state index contributed by atoms with van der Waals surface area (Å²) >= 11 is 2.10. The predicted octanol–water partition coefficient (Wildman–Crippen LogP) is 5.50. The number of likely N-dealkylation sites (tertiary alicyclic amines) is 1. The van der Waals surface area contributed by atoms with Crippen molar-refractivity contribution in [1.82, 2.24) is 14.6 Å². The number of aromatic nitrogens is 1. The Labute approximate surface area is 225 Å². The molecule has 0 radical (unpaired) electrons. The van der Waals surface area contributed by atoms with Crippen molar-refractivity contribution in [2.24, 2.45) is 0 Å². The van der Waals surface area contributed by atoms with Crippen molar-refractivity contribution >= 4 is 60.6 Å². The second kappa shape index (κ2) is 10.0. The Kier molecular flexibility index (Phi) is 6.55. The Morgan fingerprint density at radius 1 is 1.08 bits per heavy atom. The topological polar surface area (TPSA) is 79.8 Å². The first-order chi connectivity index (χ1) is 18.4. The van der Waals surface area contributed by atoms with E-state index in [1.807, 2.05) is 12.1 Å². The molecule has 1 fully saturated rings. The van der Waals surface area contributed by atoms with Gasteiger partial charge in [-0.3, -0.25) is 14.0 Å². The number of nitrogens with one attached hydrogen (secondary N) is 1. The number of anilines is 1. The molecule has 1 saturated heterocycles. The summed E-state index contributed by atoms with van der Waals surface area (Å²) in [4.78, 5) is 29.8. The van der Waals surface area contributed by atoms with Gasteiger partial charge in [0.15, 0.2) is 5.82 Å². The van der Waals surface area contributed by atoms with E-state index in [2.05, 4.69) is 10.2 Å². The van der Waals surface area contributed by atoms with Crippen LogP contribution in [-0.4, -0.2) is 41.4 Å². The Bertz CT molecular complexity index is 1780. The Balaban J connectivity index is 1.54. The molecule has 0 bridgehead atoms. The van der Waals surface area contributed by atoms with E-state index in [4.69, 9.17) is 5.73 Å². The molecule has 3 aromatic carbocycles. The van der Waals surface area contributed by atoms with Crippen LogP contribution in [0.3, 0.4) is 0 Å². The molecular formula is C28H24F2N4O2S2. The lowest BCUT2D eigenvalue weighted by molar-refractivity contribution is 0.0950. The SMILES string of the molecule is Nc1ccccc1Sc1c(F)cc2c(=O)c(C(=O)NCCN3CCCC3)c3sc4ccccc4n3c2c1F. The van der Waals surface area contributed by atoms with Crippen molar-refractivity contribution < 1.29 is 13.6 Å². The molecule has 6 nitrogen and oxygen atoms in total. The normalized spacial score (nSPS) is 14.2.